The van der Waals surface area contributed by atoms with Crippen molar-refractivity contribution in [1.29, 1.82) is 0 Å². The lowest BCUT2D eigenvalue weighted by molar-refractivity contribution is -0.133. The largest absolute Gasteiger partial charge is 0.515 e. The highest BCUT2D eigenvalue weighted by Crippen LogP contribution is 2.68. The summed E-state index contributed by atoms with van der Waals surface area (Å²) in [7, 11) is 0. The smallest absolute Gasteiger partial charge is 0.162 e. The van der Waals surface area contributed by atoms with E-state index < -0.39 is 0 Å². The van der Waals surface area contributed by atoms with Crippen molar-refractivity contribution in [1.82, 2.24) is 0 Å². The Morgan fingerprint density at radius 1 is 1.00 bits per heavy atom. The predicted molar refractivity (Wildman–Crippen MR) is 124 cm³/mol. The van der Waals surface area contributed by atoms with Gasteiger partial charge in [0.05, 0.1) is 6.26 Å². The Morgan fingerprint density at radius 2 is 1.73 bits per heavy atom. The standard InChI is InChI=1S/C28H46O2/c1-18(2)7-6-8-19(3)23-11-12-24-22-10-9-21-15-26(30)20(17-29)16-28(21,5)25(22)13-14-27(23,24)4/h17-19,21-25,29H,6-16H2,1-5H3/t19-,21?,22+,23-,24+,25+,27-,28+/m1/s1. The van der Waals surface area contributed by atoms with Crippen LogP contribution in [0.3, 0.4) is 0 Å². The van der Waals surface area contributed by atoms with Crippen LogP contribution in [0.15, 0.2) is 11.8 Å². The van der Waals surface area contributed by atoms with E-state index in [9.17, 15) is 9.90 Å². The maximum absolute atomic E-state index is 12.4. The van der Waals surface area contributed by atoms with Crippen LogP contribution in [-0.2, 0) is 4.79 Å². The van der Waals surface area contributed by atoms with Crippen LogP contribution in [0.4, 0.5) is 0 Å². The molecule has 4 aliphatic carbocycles. The summed E-state index contributed by atoms with van der Waals surface area (Å²) in [6.45, 7) is 12.4. The average molecular weight is 415 g/mol. The highest BCUT2D eigenvalue weighted by molar-refractivity contribution is 5.96. The van der Waals surface area contributed by atoms with E-state index in [2.05, 4.69) is 34.6 Å². The molecule has 0 heterocycles. The maximum Gasteiger partial charge on any atom is 0.162 e. The summed E-state index contributed by atoms with van der Waals surface area (Å²) in [6.07, 6.45) is 14.9. The lowest BCUT2D eigenvalue weighted by atomic mass is 9.44. The fourth-order valence-electron chi connectivity index (χ4n) is 9.15. The second kappa shape index (κ2) is 8.28. The monoisotopic (exact) mass is 414 g/mol. The van der Waals surface area contributed by atoms with Gasteiger partial charge in [0.25, 0.3) is 0 Å². The quantitative estimate of drug-likeness (QED) is 0.369. The molecule has 0 aromatic heterocycles. The number of fused-ring (bicyclic) bond motifs is 5. The normalized spacial score (nSPS) is 45.9. The van der Waals surface area contributed by atoms with Crippen LogP contribution in [0.2, 0.25) is 0 Å². The predicted octanol–water partition coefficient (Wildman–Crippen LogP) is 7.73. The van der Waals surface area contributed by atoms with E-state index in [0.717, 1.165) is 48.2 Å². The van der Waals surface area contributed by atoms with Gasteiger partial charge < -0.3 is 5.11 Å². The van der Waals surface area contributed by atoms with Gasteiger partial charge in [-0.3, -0.25) is 4.79 Å². The van der Waals surface area contributed by atoms with Gasteiger partial charge in [-0.1, -0.05) is 53.9 Å². The van der Waals surface area contributed by atoms with Crippen LogP contribution >= 0.6 is 0 Å². The van der Waals surface area contributed by atoms with Crippen molar-refractivity contribution < 1.29 is 9.90 Å². The van der Waals surface area contributed by atoms with Gasteiger partial charge >= 0.3 is 0 Å². The first-order valence-electron chi connectivity index (χ1n) is 13.1. The van der Waals surface area contributed by atoms with Crippen molar-refractivity contribution in [2.45, 2.75) is 105 Å². The van der Waals surface area contributed by atoms with Gasteiger partial charge in [0.15, 0.2) is 5.78 Å². The van der Waals surface area contributed by atoms with Crippen molar-refractivity contribution >= 4 is 5.78 Å². The summed E-state index contributed by atoms with van der Waals surface area (Å²) in [4.78, 5) is 12.4. The molecule has 0 amide bonds. The summed E-state index contributed by atoms with van der Waals surface area (Å²) < 4.78 is 0. The molecule has 1 N–H and O–H groups in total. The molecule has 0 saturated heterocycles. The number of carbonyl (C=O) groups excluding carboxylic acids is 1. The minimum atomic E-state index is 0.204. The van der Waals surface area contributed by atoms with Crippen molar-refractivity contribution in [2.24, 2.45) is 52.3 Å². The third-order valence-corrected chi connectivity index (χ3v) is 10.8. The number of carbonyl (C=O) groups is 1. The zero-order valence-corrected chi connectivity index (χ0v) is 20.3. The summed E-state index contributed by atoms with van der Waals surface area (Å²) in [5.74, 6) is 5.79. The van der Waals surface area contributed by atoms with Crippen molar-refractivity contribution in [2.75, 3.05) is 0 Å². The molecule has 4 fully saturated rings. The fraction of sp³-hybridized carbons (Fsp3) is 0.893. The Balaban J connectivity index is 1.50. The van der Waals surface area contributed by atoms with E-state index in [-0.39, 0.29) is 11.2 Å². The molecule has 30 heavy (non-hydrogen) atoms. The molecular formula is C28H46O2. The molecule has 170 valence electrons. The Labute approximate surface area is 185 Å². The van der Waals surface area contributed by atoms with E-state index in [4.69, 9.17) is 0 Å². The molecule has 4 aliphatic rings. The Kier molecular flexibility index (Phi) is 6.19. The van der Waals surface area contributed by atoms with E-state index in [1.165, 1.54) is 57.8 Å². The van der Waals surface area contributed by atoms with Gasteiger partial charge in [0.1, 0.15) is 0 Å². The number of hydrogen-bond acceptors (Lipinski definition) is 2. The molecule has 8 atom stereocenters. The zero-order chi connectivity index (χ0) is 21.7. The summed E-state index contributed by atoms with van der Waals surface area (Å²) in [5, 5.41) is 9.67. The van der Waals surface area contributed by atoms with E-state index in [1.54, 1.807) is 0 Å². The van der Waals surface area contributed by atoms with Crippen LogP contribution in [-0.4, -0.2) is 10.9 Å². The van der Waals surface area contributed by atoms with Gasteiger partial charge in [0, 0.05) is 12.0 Å². The van der Waals surface area contributed by atoms with Gasteiger partial charge in [-0.25, -0.2) is 0 Å². The lowest BCUT2D eigenvalue weighted by Crippen LogP contribution is -2.54. The molecule has 0 spiro atoms. The minimum absolute atomic E-state index is 0.204. The number of aliphatic hydroxyl groups excluding tert-OH is 1. The first-order chi connectivity index (χ1) is 14.2. The molecule has 0 radical (unpaired) electrons. The number of aliphatic hydroxyl groups is 1. The second-order valence-corrected chi connectivity index (χ2v) is 12.6. The highest BCUT2D eigenvalue weighted by atomic mass is 16.2. The maximum atomic E-state index is 12.4. The van der Waals surface area contributed by atoms with Crippen molar-refractivity contribution in [3.05, 3.63) is 11.8 Å². The Hall–Kier alpha value is -0.790. The van der Waals surface area contributed by atoms with Crippen LogP contribution in [0, 0.1) is 52.3 Å². The fourth-order valence-corrected chi connectivity index (χ4v) is 9.15. The Morgan fingerprint density at radius 3 is 2.43 bits per heavy atom. The van der Waals surface area contributed by atoms with Gasteiger partial charge in [0.2, 0.25) is 0 Å². The number of rotatable bonds is 5. The number of Topliss-reactive ketones (excluding diaryl/α,β-unsaturated/α-hetero) is 1. The third kappa shape index (κ3) is 3.58. The molecule has 2 nitrogen and oxygen atoms in total. The van der Waals surface area contributed by atoms with E-state index in [0.29, 0.717) is 23.3 Å². The molecule has 0 aliphatic heterocycles. The van der Waals surface area contributed by atoms with Gasteiger partial charge in [-0.05, 0) is 97.2 Å². The van der Waals surface area contributed by atoms with Crippen molar-refractivity contribution in [3.63, 3.8) is 0 Å². The second-order valence-electron chi connectivity index (χ2n) is 12.6. The van der Waals surface area contributed by atoms with Crippen LogP contribution in [0.5, 0.6) is 0 Å². The average Bonchev–Trinajstić information content (AvgIpc) is 3.05. The summed E-state index contributed by atoms with van der Waals surface area (Å²) >= 11 is 0. The first-order valence-corrected chi connectivity index (χ1v) is 13.1. The minimum Gasteiger partial charge on any atom is -0.515 e. The molecule has 4 rings (SSSR count). The topological polar surface area (TPSA) is 37.3 Å². The van der Waals surface area contributed by atoms with Gasteiger partial charge in [-0.2, -0.15) is 0 Å². The molecular weight excluding hydrogens is 368 g/mol. The zero-order valence-electron chi connectivity index (χ0n) is 20.3. The van der Waals surface area contributed by atoms with E-state index >= 15 is 0 Å². The van der Waals surface area contributed by atoms with Gasteiger partial charge in [-0.15, -0.1) is 0 Å². The Bertz CT molecular complexity index is 678. The number of hydrogen-bond donors (Lipinski definition) is 1. The van der Waals surface area contributed by atoms with Crippen LogP contribution < -0.4 is 0 Å². The van der Waals surface area contributed by atoms with Crippen molar-refractivity contribution in [3.8, 4) is 0 Å². The third-order valence-electron chi connectivity index (χ3n) is 10.8. The summed E-state index contributed by atoms with van der Waals surface area (Å²) in [5.41, 5.74) is 1.45. The first kappa shape index (κ1) is 22.4. The van der Waals surface area contributed by atoms with E-state index in [1.807, 2.05) is 0 Å². The molecule has 4 saturated carbocycles. The number of allylic oxidation sites excluding steroid dienone is 1. The molecule has 2 heteroatoms. The number of ketones is 1. The molecule has 0 aromatic rings. The molecule has 0 aromatic carbocycles. The lowest BCUT2D eigenvalue weighted by Gasteiger charge is -2.60. The molecule has 0 bridgehead atoms. The molecule has 1 unspecified atom stereocenters. The SMILES string of the molecule is CC(C)CCC[C@@H](C)[C@H]1CC[C@H]2[C@@H]3CCC4CC(=O)C(=CO)C[C@]4(C)[C@H]3CC[C@]12C. The van der Waals surface area contributed by atoms with Crippen LogP contribution in [0.1, 0.15) is 105 Å². The highest BCUT2D eigenvalue weighted by Gasteiger charge is 2.61. The van der Waals surface area contributed by atoms with Crippen LogP contribution in [0.25, 0.3) is 0 Å². The summed E-state index contributed by atoms with van der Waals surface area (Å²) in [6, 6.07) is 0.